The van der Waals surface area contributed by atoms with Crippen LogP contribution in [0.5, 0.6) is 0 Å². The fourth-order valence-corrected chi connectivity index (χ4v) is 7.55. The van der Waals surface area contributed by atoms with Crippen LogP contribution in [-0.2, 0) is 18.1 Å². The average molecular weight is 379 g/mol. The lowest BCUT2D eigenvalue weighted by Gasteiger charge is -2.32. The highest BCUT2D eigenvalue weighted by molar-refractivity contribution is 6.97. The number of aromatic nitrogens is 2. The summed E-state index contributed by atoms with van der Waals surface area (Å²) in [5.41, 5.74) is 1.36. The Balaban J connectivity index is 2.00. The van der Waals surface area contributed by atoms with E-state index in [0.717, 1.165) is 30.9 Å². The normalized spacial score (nSPS) is 11.5. The smallest absolute Gasteiger partial charge is 0.256 e. The van der Waals surface area contributed by atoms with Crippen LogP contribution in [0.1, 0.15) is 35.9 Å². The summed E-state index contributed by atoms with van der Waals surface area (Å²) in [4.78, 5) is 11.1. The van der Waals surface area contributed by atoms with Crippen LogP contribution in [-0.4, -0.2) is 24.4 Å². The molecule has 0 unspecified atom stereocenters. The fourth-order valence-electron chi connectivity index (χ4n) is 3.46. The van der Waals surface area contributed by atoms with Crippen molar-refractivity contribution < 1.29 is 9.22 Å². The highest BCUT2D eigenvalue weighted by Crippen LogP contribution is 2.19. The van der Waals surface area contributed by atoms with Crippen molar-refractivity contribution >= 4 is 25.0 Å². The minimum atomic E-state index is -2.41. The number of hydrogen-bond donors (Lipinski definition) is 0. The maximum absolute atomic E-state index is 11.1. The van der Waals surface area contributed by atoms with Crippen molar-refractivity contribution in [3.8, 4) is 0 Å². The molecule has 0 atom stereocenters. The summed E-state index contributed by atoms with van der Waals surface area (Å²) in [7, 11) is -0.626. The number of carbonyl (C=O) groups is 1. The predicted octanol–water partition coefficient (Wildman–Crippen LogP) is 3.31. The second kappa shape index (κ2) is 8.93. The largest absolute Gasteiger partial charge is 0.402 e. The third kappa shape index (κ3) is 4.26. The van der Waals surface area contributed by atoms with E-state index in [1.165, 1.54) is 10.4 Å². The molecule has 0 aliphatic rings. The molecular formula is C22H26N2O2Si. The molecule has 3 rings (SSSR count). The van der Waals surface area contributed by atoms with Gasteiger partial charge in [-0.3, -0.25) is 9.48 Å². The molecule has 0 saturated carbocycles. The van der Waals surface area contributed by atoms with Gasteiger partial charge in [0.15, 0.2) is 6.29 Å². The van der Waals surface area contributed by atoms with Crippen LogP contribution in [0.3, 0.4) is 0 Å². The number of aldehydes is 1. The maximum atomic E-state index is 11.1. The monoisotopic (exact) mass is 378 g/mol. The summed E-state index contributed by atoms with van der Waals surface area (Å²) in [6.07, 6.45) is 3.06. The Morgan fingerprint density at radius 2 is 1.63 bits per heavy atom. The van der Waals surface area contributed by atoms with Gasteiger partial charge in [-0.15, -0.1) is 0 Å². The van der Waals surface area contributed by atoms with Crippen LogP contribution in [0.2, 0.25) is 6.04 Å². The third-order valence-corrected chi connectivity index (χ3v) is 9.14. The molecule has 0 N–H and O–H groups in total. The topological polar surface area (TPSA) is 44.1 Å². The summed E-state index contributed by atoms with van der Waals surface area (Å²) in [5, 5.41) is 6.98. The number of hydrogen-bond acceptors (Lipinski definition) is 3. The first-order valence-corrected chi connectivity index (χ1v) is 11.5. The molecule has 0 bridgehead atoms. The van der Waals surface area contributed by atoms with Crippen molar-refractivity contribution in [3.05, 3.63) is 78.1 Å². The standard InChI is InChI=1S/C22H26N2O2Si/c1-3-4-15-27(21-11-7-5-8-12-21,22-13-9-6-10-14-22)26-18-19-16-20(17-25)24(2)23-19/h5-14,16-17H,3-4,15,18H2,1-2H3. The zero-order valence-corrected chi connectivity index (χ0v) is 17.0. The molecule has 3 aromatic rings. The van der Waals surface area contributed by atoms with Crippen molar-refractivity contribution in [1.29, 1.82) is 0 Å². The Morgan fingerprint density at radius 3 is 2.11 bits per heavy atom. The van der Waals surface area contributed by atoms with E-state index in [0.29, 0.717) is 12.3 Å². The van der Waals surface area contributed by atoms with Crippen molar-refractivity contribution in [2.45, 2.75) is 32.4 Å². The molecule has 0 aliphatic heterocycles. The number of benzene rings is 2. The Kier molecular flexibility index (Phi) is 6.37. The van der Waals surface area contributed by atoms with Gasteiger partial charge in [-0.1, -0.05) is 80.4 Å². The molecule has 1 heterocycles. The van der Waals surface area contributed by atoms with E-state index in [4.69, 9.17) is 4.43 Å². The average Bonchev–Trinajstić information content (AvgIpc) is 3.09. The summed E-state index contributed by atoms with van der Waals surface area (Å²) >= 11 is 0. The van der Waals surface area contributed by atoms with Crippen LogP contribution in [0.15, 0.2) is 66.7 Å². The predicted molar refractivity (Wildman–Crippen MR) is 111 cm³/mol. The first-order chi connectivity index (χ1) is 13.2. The molecular weight excluding hydrogens is 352 g/mol. The van der Waals surface area contributed by atoms with Gasteiger partial charge in [-0.05, 0) is 22.5 Å². The number of rotatable bonds is 9. The first-order valence-electron chi connectivity index (χ1n) is 9.42. The fraction of sp³-hybridized carbons (Fsp3) is 0.273. The van der Waals surface area contributed by atoms with Gasteiger partial charge >= 0.3 is 0 Å². The Bertz CT molecular complexity index is 823. The van der Waals surface area contributed by atoms with Crippen LogP contribution in [0, 0.1) is 0 Å². The Morgan fingerprint density at radius 1 is 1.04 bits per heavy atom. The van der Waals surface area contributed by atoms with Gasteiger partial charge in [0.2, 0.25) is 0 Å². The molecule has 5 heteroatoms. The van der Waals surface area contributed by atoms with Gasteiger partial charge in [-0.2, -0.15) is 5.10 Å². The van der Waals surface area contributed by atoms with Gasteiger partial charge in [-0.25, -0.2) is 0 Å². The summed E-state index contributed by atoms with van der Waals surface area (Å²) in [5.74, 6) is 0. The van der Waals surface area contributed by atoms with E-state index < -0.39 is 8.32 Å². The molecule has 2 aromatic carbocycles. The Labute approximate surface area is 161 Å². The zero-order valence-electron chi connectivity index (χ0n) is 16.0. The molecule has 0 fully saturated rings. The minimum Gasteiger partial charge on any atom is -0.402 e. The van der Waals surface area contributed by atoms with Crippen LogP contribution in [0.25, 0.3) is 0 Å². The van der Waals surface area contributed by atoms with E-state index in [9.17, 15) is 4.79 Å². The van der Waals surface area contributed by atoms with Gasteiger partial charge in [0.1, 0.15) is 5.69 Å². The maximum Gasteiger partial charge on any atom is 0.256 e. The molecule has 0 aliphatic carbocycles. The lowest BCUT2D eigenvalue weighted by molar-refractivity contribution is 0.111. The molecule has 0 amide bonds. The van der Waals surface area contributed by atoms with E-state index in [2.05, 4.69) is 60.6 Å². The molecule has 0 radical (unpaired) electrons. The molecule has 0 spiro atoms. The molecule has 140 valence electrons. The minimum absolute atomic E-state index is 0.404. The van der Waals surface area contributed by atoms with E-state index in [1.807, 2.05) is 18.2 Å². The highest BCUT2D eigenvalue weighted by Gasteiger charge is 2.39. The Hall–Kier alpha value is -2.50. The number of nitrogens with zero attached hydrogens (tertiary/aromatic N) is 2. The van der Waals surface area contributed by atoms with E-state index >= 15 is 0 Å². The molecule has 1 aromatic heterocycles. The van der Waals surface area contributed by atoms with Crippen LogP contribution >= 0.6 is 0 Å². The third-order valence-electron chi connectivity index (χ3n) is 4.92. The van der Waals surface area contributed by atoms with Gasteiger partial charge in [0.05, 0.1) is 12.3 Å². The molecule has 4 nitrogen and oxygen atoms in total. The van der Waals surface area contributed by atoms with Crippen molar-refractivity contribution in [1.82, 2.24) is 9.78 Å². The lowest BCUT2D eigenvalue weighted by Crippen LogP contribution is -2.60. The van der Waals surface area contributed by atoms with Crippen LogP contribution in [0.4, 0.5) is 0 Å². The van der Waals surface area contributed by atoms with Crippen LogP contribution < -0.4 is 10.4 Å². The first kappa shape index (κ1) is 19.3. The van der Waals surface area contributed by atoms with E-state index in [-0.39, 0.29) is 0 Å². The van der Waals surface area contributed by atoms with Gasteiger partial charge in [0.25, 0.3) is 8.32 Å². The summed E-state index contributed by atoms with van der Waals surface area (Å²) < 4.78 is 8.35. The lowest BCUT2D eigenvalue weighted by atomic mass is 10.4. The quantitative estimate of drug-likeness (QED) is 0.424. The molecule has 0 saturated heterocycles. The highest BCUT2D eigenvalue weighted by atomic mass is 28.4. The number of unbranched alkanes of at least 4 members (excludes halogenated alkanes) is 1. The summed E-state index contributed by atoms with van der Waals surface area (Å²) in [6.45, 7) is 2.62. The number of aryl methyl sites for hydroxylation is 1. The number of carbonyl (C=O) groups excluding carboxylic acids is 1. The van der Waals surface area contributed by atoms with E-state index in [1.54, 1.807) is 11.7 Å². The van der Waals surface area contributed by atoms with Gasteiger partial charge < -0.3 is 4.43 Å². The van der Waals surface area contributed by atoms with Crippen molar-refractivity contribution in [2.75, 3.05) is 0 Å². The second-order valence-electron chi connectivity index (χ2n) is 6.75. The van der Waals surface area contributed by atoms with Gasteiger partial charge in [0, 0.05) is 7.05 Å². The SMILES string of the molecule is CCCC[Si](OCc1cc(C=O)n(C)n1)(c1ccccc1)c1ccccc1. The second-order valence-corrected chi connectivity index (χ2v) is 10.4. The van der Waals surface area contributed by atoms with Crippen molar-refractivity contribution in [3.63, 3.8) is 0 Å². The van der Waals surface area contributed by atoms with Crippen molar-refractivity contribution in [2.24, 2.45) is 7.05 Å². The summed E-state index contributed by atoms with van der Waals surface area (Å²) in [6, 6.07) is 24.0. The molecule has 27 heavy (non-hydrogen) atoms. The zero-order chi connectivity index (χ0) is 19.1.